The number of nitrogens with zero attached hydrogens (tertiary/aromatic N) is 9. The number of ether oxygens (including phenoxy) is 1. The van der Waals surface area contributed by atoms with Gasteiger partial charge >= 0.3 is 6.18 Å². The number of rotatable bonds is 11. The summed E-state index contributed by atoms with van der Waals surface area (Å²) in [6.07, 6.45) is -2.60. The molecule has 0 unspecified atom stereocenters. The summed E-state index contributed by atoms with van der Waals surface area (Å²) in [5, 5.41) is 8.30. The predicted octanol–water partition coefficient (Wildman–Crippen LogP) is 5.06. The third-order valence-electron chi connectivity index (χ3n) is 22.1. The first-order valence-electron chi connectivity index (χ1n) is 36.3. The van der Waals surface area contributed by atoms with Crippen molar-refractivity contribution in [2.75, 3.05) is 89.2 Å². The van der Waals surface area contributed by atoms with Crippen molar-refractivity contribution >= 4 is 70.9 Å². The Bertz CT molecular complexity index is 3330. The zero-order valence-electron chi connectivity index (χ0n) is 61.9. The van der Waals surface area contributed by atoms with Crippen molar-refractivity contribution in [1.29, 1.82) is 0 Å². The molecule has 12 amide bonds. The van der Waals surface area contributed by atoms with Gasteiger partial charge in [0.15, 0.2) is 0 Å². The number of carbonyl (C=O) groups is 12. The maximum atomic E-state index is 15.6. The van der Waals surface area contributed by atoms with E-state index in [1.165, 1.54) is 78.0 Å². The number of carbonyl (C=O) groups excluding carboxylic acids is 12. The average molecular weight is 1480 g/mol. The second-order valence-corrected chi connectivity index (χ2v) is 29.5. The summed E-state index contributed by atoms with van der Waals surface area (Å²) in [6.45, 7) is 4.62. The monoisotopic (exact) mass is 1480 g/mol. The molecule has 1 aromatic rings. The highest BCUT2D eigenvalue weighted by Gasteiger charge is 2.53. The number of hydrogen-bond acceptors (Lipinski definition) is 13. The fourth-order valence-corrected chi connectivity index (χ4v) is 15.5. The van der Waals surface area contributed by atoms with Crippen molar-refractivity contribution in [1.82, 2.24) is 60.0 Å². The Morgan fingerprint density at radius 1 is 0.702 bits per heavy atom. The number of likely N-dealkylation sites (N-methyl/N-ethyl adjacent to an activating group) is 7. The fourth-order valence-electron chi connectivity index (χ4n) is 15.5. The minimum atomic E-state index is -5.44. The third-order valence-corrected chi connectivity index (χ3v) is 22.1. The average Bonchev–Trinajstić information content (AvgIpc) is 1.44. The second kappa shape index (κ2) is 35.4. The molecule has 2 bridgehead atoms. The maximum Gasteiger partial charge on any atom is 0.422 e. The van der Waals surface area contributed by atoms with E-state index in [1.54, 1.807) is 32.9 Å². The van der Waals surface area contributed by atoms with Gasteiger partial charge in [-0.1, -0.05) is 58.1 Å². The summed E-state index contributed by atoms with van der Waals surface area (Å²) in [7, 11) is 10.8. The van der Waals surface area contributed by atoms with E-state index in [0.29, 0.717) is 57.1 Å². The van der Waals surface area contributed by atoms with Crippen molar-refractivity contribution in [3.63, 3.8) is 0 Å². The summed E-state index contributed by atoms with van der Waals surface area (Å²) in [5.41, 5.74) is -4.26. The predicted molar refractivity (Wildman–Crippen MR) is 366 cm³/mol. The van der Waals surface area contributed by atoms with E-state index in [0.717, 1.165) is 29.4 Å². The van der Waals surface area contributed by atoms with Crippen molar-refractivity contribution in [3.05, 3.63) is 47.0 Å². The van der Waals surface area contributed by atoms with Crippen LogP contribution in [-0.2, 0) is 74.9 Å². The lowest BCUT2D eigenvalue weighted by molar-refractivity contribution is -0.156. The molecule has 6 aliphatic rings. The standard InChI is InChI=1S/C72H105F7N12O13/c1-13-42(3)59-67(101)85(8)41-57(94)87(10)51-24-16-15-21-33-90(66(51)100)54(36-44-27-31-71(75,76)32-28-44)65(99)84(7)40-55(92)80-50(26-25-45-34-48(73)58(49(74)35-45)72(77,78)79)63(97)91-39-47(104-14-2)37-52(91)62(96)82-70(29-19-20-30-70)69(103)89(12)60(46-22-17-18-23-46)68(102)88(11)53(64(98)83(5)6)38-56(93)86(9)43(4)61(95)81-59/h15-16,34-35,42-44,46-47,50-54,59-60H,13-14,17-33,36-41H2,1-12H3,(H,80,92)(H,81,95)(H,82,96)/b16-15-/t42-,43-,47+,50-,51-,52-,53-,54-,59-,60-/m0/s1. The highest BCUT2D eigenvalue weighted by molar-refractivity contribution is 6.01. The van der Waals surface area contributed by atoms with Gasteiger partial charge in [0.05, 0.1) is 25.6 Å². The van der Waals surface area contributed by atoms with E-state index in [4.69, 9.17) is 4.74 Å². The van der Waals surface area contributed by atoms with Crippen LogP contribution in [0.2, 0.25) is 0 Å². The van der Waals surface area contributed by atoms with Gasteiger partial charge in [-0.25, -0.2) is 17.6 Å². The summed E-state index contributed by atoms with van der Waals surface area (Å²) in [6, 6.07) is -10.6. The van der Waals surface area contributed by atoms with Gasteiger partial charge in [0.1, 0.15) is 71.1 Å². The van der Waals surface area contributed by atoms with Gasteiger partial charge in [0.25, 0.3) is 0 Å². The molecule has 1 spiro atoms. The van der Waals surface area contributed by atoms with Gasteiger partial charge in [0.2, 0.25) is 76.8 Å². The number of nitrogens with one attached hydrogen (secondary N) is 3. The van der Waals surface area contributed by atoms with Crippen LogP contribution in [0.3, 0.4) is 0 Å². The lowest BCUT2D eigenvalue weighted by Crippen LogP contribution is -2.65. The molecule has 580 valence electrons. The molecule has 3 aliphatic heterocycles. The van der Waals surface area contributed by atoms with E-state index in [9.17, 15) is 50.7 Å². The summed E-state index contributed by atoms with van der Waals surface area (Å²) >= 11 is 0. The Kier molecular flexibility index (Phi) is 28.4. The van der Waals surface area contributed by atoms with Gasteiger partial charge in [0, 0.05) is 95.3 Å². The van der Waals surface area contributed by atoms with Crippen LogP contribution in [-0.4, -0.2) is 270 Å². The van der Waals surface area contributed by atoms with Crippen LogP contribution in [0.5, 0.6) is 0 Å². The Hall–Kier alpha value is -7.93. The lowest BCUT2D eigenvalue weighted by Gasteiger charge is -2.42. The van der Waals surface area contributed by atoms with Crippen molar-refractivity contribution < 1.29 is 93.0 Å². The van der Waals surface area contributed by atoms with Crippen LogP contribution in [0.1, 0.15) is 161 Å². The normalized spacial score (nSPS) is 28.1. The van der Waals surface area contributed by atoms with Gasteiger partial charge < -0.3 is 64.8 Å². The number of fused-ring (bicyclic) bond motifs is 3. The van der Waals surface area contributed by atoms with Crippen LogP contribution in [0.4, 0.5) is 30.7 Å². The molecule has 1 aromatic carbocycles. The third kappa shape index (κ3) is 19.8. The number of benzene rings is 1. The van der Waals surface area contributed by atoms with Crippen molar-refractivity contribution in [2.24, 2.45) is 17.8 Å². The molecule has 10 atom stereocenters. The molecular formula is C72H105F7N12O13. The zero-order valence-corrected chi connectivity index (χ0v) is 61.9. The highest BCUT2D eigenvalue weighted by Crippen LogP contribution is 2.41. The highest BCUT2D eigenvalue weighted by atomic mass is 19.4. The summed E-state index contributed by atoms with van der Waals surface area (Å²) in [4.78, 5) is 189. The quantitative estimate of drug-likeness (QED) is 0.193. The Balaban J connectivity index is 1.33. The van der Waals surface area contributed by atoms with Crippen LogP contribution >= 0.6 is 0 Å². The van der Waals surface area contributed by atoms with Crippen molar-refractivity contribution in [2.45, 2.75) is 228 Å². The number of amides is 12. The Morgan fingerprint density at radius 3 is 1.90 bits per heavy atom. The zero-order chi connectivity index (χ0) is 77.2. The number of alkyl halides is 5. The summed E-state index contributed by atoms with van der Waals surface area (Å²) < 4.78 is 107. The molecule has 2 saturated heterocycles. The van der Waals surface area contributed by atoms with Gasteiger partial charge in [-0.2, -0.15) is 13.2 Å². The largest absolute Gasteiger partial charge is 0.422 e. The first-order valence-corrected chi connectivity index (χ1v) is 36.3. The van der Waals surface area contributed by atoms with Crippen LogP contribution in [0.15, 0.2) is 24.3 Å². The van der Waals surface area contributed by atoms with E-state index < -0.39 is 223 Å². The SMILES string of the molecule is CCO[C@@H]1C[C@H]2C(=O)NC3(CCCC3)C(=O)N(C)[C@@H](C3CCCC3)C(=O)N(C)[C@H](C(=O)N(C)C)CC(=O)N(C)[C@@H](C)C(=O)N[C@@H]([C@@H](C)CC)C(=O)N(C)CC(=O)N(C)[C@H]3C/C=C\CCN(C3=O)[C@@H](CC3CCC(F)(F)CC3)C(=O)N(C)CC(=O)N[C@@H](CCc3cc(F)c(C(F)(F)F)c(F)c3)C(=O)N2C1. The van der Waals surface area contributed by atoms with E-state index in [2.05, 4.69) is 16.0 Å². The van der Waals surface area contributed by atoms with Gasteiger partial charge in [-0.05, 0) is 120 Å². The minimum Gasteiger partial charge on any atom is -0.377 e. The summed E-state index contributed by atoms with van der Waals surface area (Å²) in [5.74, 6) is -18.2. The van der Waals surface area contributed by atoms with Crippen LogP contribution < -0.4 is 16.0 Å². The Labute approximate surface area is 603 Å². The van der Waals surface area contributed by atoms with Gasteiger partial charge in [-0.15, -0.1) is 0 Å². The first kappa shape index (κ1) is 83.3. The first-order chi connectivity index (χ1) is 48.8. The maximum absolute atomic E-state index is 15.6. The van der Waals surface area contributed by atoms with Gasteiger partial charge in [-0.3, -0.25) is 57.5 Å². The molecular weight excluding hydrogens is 1370 g/mol. The lowest BCUT2D eigenvalue weighted by atomic mass is 9.82. The molecule has 3 heterocycles. The van der Waals surface area contributed by atoms with E-state index in [1.807, 2.05) is 0 Å². The molecule has 0 radical (unpaired) electrons. The number of hydrogen-bond donors (Lipinski definition) is 3. The molecule has 0 aromatic heterocycles. The van der Waals surface area contributed by atoms with Crippen LogP contribution in [0, 0.1) is 29.4 Å². The molecule has 3 saturated carbocycles. The molecule has 3 aliphatic carbocycles. The molecule has 3 N–H and O–H groups in total. The molecule has 25 nitrogen and oxygen atoms in total. The number of halogens is 7. The molecule has 7 rings (SSSR count). The van der Waals surface area contributed by atoms with Crippen molar-refractivity contribution in [3.8, 4) is 0 Å². The topological polar surface area (TPSA) is 279 Å². The van der Waals surface area contributed by atoms with Crippen LogP contribution in [0.25, 0.3) is 0 Å². The molecule has 104 heavy (non-hydrogen) atoms. The minimum absolute atomic E-state index is 0.0546. The molecule has 32 heteroatoms. The fraction of sp³-hybridized carbons (Fsp3) is 0.722. The Morgan fingerprint density at radius 2 is 1.32 bits per heavy atom. The second-order valence-electron chi connectivity index (χ2n) is 29.5. The smallest absolute Gasteiger partial charge is 0.377 e. The molecule has 5 fully saturated rings. The van der Waals surface area contributed by atoms with E-state index in [-0.39, 0.29) is 76.6 Å². The van der Waals surface area contributed by atoms with E-state index >= 15 is 37.5 Å². The number of aryl methyl sites for hydroxylation is 1.